The van der Waals surface area contributed by atoms with E-state index in [9.17, 15) is 13.2 Å². The molecule has 0 aromatic heterocycles. The molecule has 0 aromatic rings. The molecule has 6 heteroatoms. The van der Waals surface area contributed by atoms with Gasteiger partial charge in [0.15, 0.2) is 5.71 Å². The SMILES string of the molecule is FC(F)(F)C1=NN=C2CCOC=C21. The van der Waals surface area contributed by atoms with Crippen molar-refractivity contribution in [3.8, 4) is 0 Å². The first-order valence-electron chi connectivity index (χ1n) is 3.63. The predicted octanol–water partition coefficient (Wildman–Crippen LogP) is 1.66. The average molecular weight is 190 g/mol. The highest BCUT2D eigenvalue weighted by Gasteiger charge is 2.43. The molecule has 3 nitrogen and oxygen atoms in total. The van der Waals surface area contributed by atoms with Crippen molar-refractivity contribution in [1.29, 1.82) is 0 Å². The summed E-state index contributed by atoms with van der Waals surface area (Å²) in [6.45, 7) is 0.364. The molecule has 0 radical (unpaired) electrons. The molecule has 0 aliphatic carbocycles. The molecule has 0 N–H and O–H groups in total. The lowest BCUT2D eigenvalue weighted by atomic mass is 10.0. The Bertz CT molecular complexity index is 327. The van der Waals surface area contributed by atoms with E-state index in [1.807, 2.05) is 0 Å². The molecule has 0 fully saturated rings. The van der Waals surface area contributed by atoms with Crippen LogP contribution in [0.4, 0.5) is 13.2 Å². The molecular formula is C7H5F3N2O. The van der Waals surface area contributed by atoms with Gasteiger partial charge in [0, 0.05) is 6.42 Å². The first kappa shape index (κ1) is 8.28. The minimum Gasteiger partial charge on any atom is -0.500 e. The van der Waals surface area contributed by atoms with Crippen molar-refractivity contribution in [1.82, 2.24) is 0 Å². The van der Waals surface area contributed by atoms with Gasteiger partial charge in [0.05, 0.1) is 24.2 Å². The number of allylic oxidation sites excluding steroid dienone is 1. The third-order valence-electron chi connectivity index (χ3n) is 1.76. The van der Waals surface area contributed by atoms with Crippen molar-refractivity contribution in [3.05, 3.63) is 11.8 Å². The molecule has 0 atom stereocenters. The van der Waals surface area contributed by atoms with Crippen LogP contribution >= 0.6 is 0 Å². The van der Waals surface area contributed by atoms with E-state index in [0.717, 1.165) is 6.26 Å². The lowest BCUT2D eigenvalue weighted by Crippen LogP contribution is -2.27. The van der Waals surface area contributed by atoms with Crippen molar-refractivity contribution < 1.29 is 17.9 Å². The molecule has 0 aromatic carbocycles. The van der Waals surface area contributed by atoms with E-state index in [-0.39, 0.29) is 5.57 Å². The van der Waals surface area contributed by atoms with Crippen LogP contribution in [0.1, 0.15) is 6.42 Å². The van der Waals surface area contributed by atoms with E-state index in [2.05, 4.69) is 10.2 Å². The van der Waals surface area contributed by atoms with Crippen LogP contribution in [0.5, 0.6) is 0 Å². The summed E-state index contributed by atoms with van der Waals surface area (Å²) in [5.74, 6) is 0. The number of hydrogen-bond donors (Lipinski definition) is 0. The quantitative estimate of drug-likeness (QED) is 0.572. The van der Waals surface area contributed by atoms with E-state index < -0.39 is 11.9 Å². The van der Waals surface area contributed by atoms with Gasteiger partial charge in [-0.1, -0.05) is 0 Å². The Balaban J connectivity index is 2.33. The van der Waals surface area contributed by atoms with Crippen molar-refractivity contribution in [2.75, 3.05) is 6.61 Å². The van der Waals surface area contributed by atoms with Gasteiger partial charge in [-0.2, -0.15) is 18.3 Å². The zero-order chi connectivity index (χ0) is 9.47. The molecule has 2 heterocycles. The normalized spacial score (nSPS) is 21.3. The number of rotatable bonds is 0. The molecule has 0 saturated heterocycles. The fourth-order valence-corrected chi connectivity index (χ4v) is 1.17. The van der Waals surface area contributed by atoms with Gasteiger partial charge in [-0.3, -0.25) is 0 Å². The molecule has 0 bridgehead atoms. The summed E-state index contributed by atoms with van der Waals surface area (Å²) in [5.41, 5.74) is -0.625. The first-order chi connectivity index (χ1) is 6.09. The number of alkyl halides is 3. The second-order valence-electron chi connectivity index (χ2n) is 2.65. The van der Waals surface area contributed by atoms with Crippen LogP contribution in [-0.4, -0.2) is 24.2 Å². The summed E-state index contributed by atoms with van der Waals surface area (Å²) in [5, 5.41) is 6.52. The summed E-state index contributed by atoms with van der Waals surface area (Å²) < 4.78 is 41.5. The Kier molecular flexibility index (Phi) is 1.64. The highest BCUT2D eigenvalue weighted by molar-refractivity contribution is 6.28. The van der Waals surface area contributed by atoms with Crippen LogP contribution in [0.25, 0.3) is 0 Å². The van der Waals surface area contributed by atoms with E-state index in [1.165, 1.54) is 0 Å². The second kappa shape index (κ2) is 2.58. The van der Waals surface area contributed by atoms with Crippen molar-refractivity contribution in [2.45, 2.75) is 12.6 Å². The Labute approximate surface area is 71.6 Å². The van der Waals surface area contributed by atoms with Crippen LogP contribution in [0, 0.1) is 0 Å². The molecule has 2 aliphatic rings. The minimum atomic E-state index is -4.45. The maximum atomic E-state index is 12.2. The van der Waals surface area contributed by atoms with Gasteiger partial charge in [-0.15, -0.1) is 5.10 Å². The van der Waals surface area contributed by atoms with Gasteiger partial charge in [-0.05, 0) is 0 Å². The molecule has 0 unspecified atom stereocenters. The van der Waals surface area contributed by atoms with Gasteiger partial charge in [0.2, 0.25) is 0 Å². The van der Waals surface area contributed by atoms with Crippen LogP contribution in [0.3, 0.4) is 0 Å². The summed E-state index contributed by atoms with van der Waals surface area (Å²) in [6.07, 6.45) is -2.99. The molecule has 70 valence electrons. The monoisotopic (exact) mass is 190 g/mol. The zero-order valence-corrected chi connectivity index (χ0v) is 6.43. The van der Waals surface area contributed by atoms with Gasteiger partial charge < -0.3 is 4.74 Å². The molecule has 0 spiro atoms. The standard InChI is InChI=1S/C7H5F3N2O/c8-7(9,10)6-4-3-13-2-1-5(4)11-12-6/h3H,1-2H2. The summed E-state index contributed by atoms with van der Waals surface area (Å²) in [7, 11) is 0. The van der Waals surface area contributed by atoms with E-state index in [1.54, 1.807) is 0 Å². The number of hydrogen-bond acceptors (Lipinski definition) is 3. The van der Waals surface area contributed by atoms with Crippen molar-refractivity contribution >= 4 is 11.4 Å². The highest BCUT2D eigenvalue weighted by Crippen LogP contribution is 2.28. The summed E-state index contributed by atoms with van der Waals surface area (Å²) in [6, 6.07) is 0. The van der Waals surface area contributed by atoms with E-state index in [4.69, 9.17) is 4.74 Å². The zero-order valence-electron chi connectivity index (χ0n) is 6.43. The Morgan fingerprint density at radius 1 is 1.31 bits per heavy atom. The Morgan fingerprint density at radius 2 is 2.08 bits per heavy atom. The highest BCUT2D eigenvalue weighted by atomic mass is 19.4. The molecule has 0 amide bonds. The van der Waals surface area contributed by atoms with Crippen LogP contribution < -0.4 is 0 Å². The number of ether oxygens (including phenoxy) is 1. The smallest absolute Gasteiger partial charge is 0.435 e. The summed E-state index contributed by atoms with van der Waals surface area (Å²) in [4.78, 5) is 0. The number of halogens is 3. The molecule has 13 heavy (non-hydrogen) atoms. The summed E-state index contributed by atoms with van der Waals surface area (Å²) >= 11 is 0. The third-order valence-corrected chi connectivity index (χ3v) is 1.76. The van der Waals surface area contributed by atoms with Crippen LogP contribution in [-0.2, 0) is 4.74 Å². The number of fused-ring (bicyclic) bond motifs is 1. The molecular weight excluding hydrogens is 185 g/mol. The minimum absolute atomic E-state index is 0.0289. The van der Waals surface area contributed by atoms with Crippen molar-refractivity contribution in [3.63, 3.8) is 0 Å². The largest absolute Gasteiger partial charge is 0.500 e. The Morgan fingerprint density at radius 3 is 2.77 bits per heavy atom. The fraction of sp³-hybridized carbons (Fsp3) is 0.429. The van der Waals surface area contributed by atoms with Crippen molar-refractivity contribution in [2.24, 2.45) is 10.2 Å². The van der Waals surface area contributed by atoms with Gasteiger partial charge >= 0.3 is 6.18 Å². The Hall–Kier alpha value is -1.33. The molecule has 2 aliphatic heterocycles. The lowest BCUT2D eigenvalue weighted by molar-refractivity contribution is -0.0581. The van der Waals surface area contributed by atoms with E-state index >= 15 is 0 Å². The third kappa shape index (κ3) is 1.32. The van der Waals surface area contributed by atoms with Crippen LogP contribution in [0.2, 0.25) is 0 Å². The lowest BCUT2D eigenvalue weighted by Gasteiger charge is -2.13. The maximum absolute atomic E-state index is 12.2. The fourth-order valence-electron chi connectivity index (χ4n) is 1.17. The first-order valence-corrected chi connectivity index (χ1v) is 3.63. The second-order valence-corrected chi connectivity index (χ2v) is 2.65. The maximum Gasteiger partial charge on any atom is 0.435 e. The van der Waals surface area contributed by atoms with Gasteiger partial charge in [-0.25, -0.2) is 0 Å². The van der Waals surface area contributed by atoms with Gasteiger partial charge in [0.1, 0.15) is 0 Å². The van der Waals surface area contributed by atoms with Crippen LogP contribution in [0.15, 0.2) is 22.0 Å². The molecule has 2 rings (SSSR count). The molecule has 0 saturated carbocycles. The number of nitrogens with zero attached hydrogens (tertiary/aromatic N) is 2. The predicted molar refractivity (Wildman–Crippen MR) is 39.6 cm³/mol. The van der Waals surface area contributed by atoms with Gasteiger partial charge in [0.25, 0.3) is 0 Å². The average Bonchev–Trinajstić information content (AvgIpc) is 2.45. The van der Waals surface area contributed by atoms with E-state index in [0.29, 0.717) is 18.7 Å². The topological polar surface area (TPSA) is 34.0 Å².